The molecule has 0 unspecified atom stereocenters. The lowest BCUT2D eigenvalue weighted by atomic mass is 9.88. The van der Waals surface area contributed by atoms with Gasteiger partial charge in [-0.1, -0.05) is 96.8 Å². The van der Waals surface area contributed by atoms with Crippen molar-refractivity contribution in [2.45, 2.75) is 122 Å². The average Bonchev–Trinajstić information content (AvgIpc) is 2.75. The molecule has 0 aliphatic heterocycles. The standard InChI is InChI=1S/C24H46N2O3/c1-2-3-4-5-6-7-8-9-10-11-12-16-19-25-24(29)22(20-27)26-23(28)21-17-14-13-15-18-21/h21-22,27H,2-20H2,1H3,(H,25,29)(H,26,28)/t22-/m0/s1. The van der Waals surface area contributed by atoms with E-state index in [0.717, 1.165) is 38.5 Å². The van der Waals surface area contributed by atoms with Gasteiger partial charge in [0.25, 0.3) is 0 Å². The Balaban J connectivity index is 1.98. The number of rotatable bonds is 17. The van der Waals surface area contributed by atoms with Crippen LogP contribution >= 0.6 is 0 Å². The van der Waals surface area contributed by atoms with E-state index in [1.54, 1.807) is 0 Å². The van der Waals surface area contributed by atoms with Gasteiger partial charge in [0.05, 0.1) is 6.61 Å². The first-order valence-corrected chi connectivity index (χ1v) is 12.4. The number of aliphatic hydroxyl groups is 1. The molecule has 1 saturated carbocycles. The van der Waals surface area contributed by atoms with Gasteiger partial charge in [0, 0.05) is 12.5 Å². The summed E-state index contributed by atoms with van der Waals surface area (Å²) in [4.78, 5) is 24.5. The van der Waals surface area contributed by atoms with Gasteiger partial charge in [-0.05, 0) is 19.3 Å². The van der Waals surface area contributed by atoms with Crippen molar-refractivity contribution in [1.82, 2.24) is 10.6 Å². The molecule has 1 aliphatic rings. The molecule has 1 atom stereocenters. The number of amides is 2. The third-order valence-electron chi connectivity index (χ3n) is 6.12. The molecule has 5 nitrogen and oxygen atoms in total. The lowest BCUT2D eigenvalue weighted by Crippen LogP contribution is -2.50. The van der Waals surface area contributed by atoms with Gasteiger partial charge in [-0.2, -0.15) is 0 Å². The summed E-state index contributed by atoms with van der Waals surface area (Å²) in [5.41, 5.74) is 0. The van der Waals surface area contributed by atoms with Crippen LogP contribution in [-0.4, -0.2) is 36.1 Å². The topological polar surface area (TPSA) is 78.4 Å². The second kappa shape index (κ2) is 17.7. The molecular formula is C24H46N2O3. The third kappa shape index (κ3) is 12.9. The highest BCUT2D eigenvalue weighted by atomic mass is 16.3. The van der Waals surface area contributed by atoms with E-state index in [1.807, 2.05) is 0 Å². The van der Waals surface area contributed by atoms with E-state index in [2.05, 4.69) is 17.6 Å². The van der Waals surface area contributed by atoms with E-state index in [-0.39, 0.29) is 24.3 Å². The zero-order chi connectivity index (χ0) is 21.2. The molecule has 1 fully saturated rings. The van der Waals surface area contributed by atoms with Crippen LogP contribution in [0.4, 0.5) is 0 Å². The first-order chi connectivity index (χ1) is 14.2. The number of hydrogen-bond donors (Lipinski definition) is 3. The first-order valence-electron chi connectivity index (χ1n) is 12.4. The molecular weight excluding hydrogens is 364 g/mol. The molecule has 170 valence electrons. The molecule has 0 aromatic heterocycles. The fourth-order valence-corrected chi connectivity index (χ4v) is 4.15. The molecule has 3 N–H and O–H groups in total. The Kier molecular flexibility index (Phi) is 15.9. The molecule has 1 rings (SSSR count). The van der Waals surface area contributed by atoms with Crippen molar-refractivity contribution >= 4 is 11.8 Å². The largest absolute Gasteiger partial charge is 0.394 e. The van der Waals surface area contributed by atoms with Gasteiger partial charge in [0.2, 0.25) is 11.8 Å². The Morgan fingerprint density at radius 2 is 1.34 bits per heavy atom. The summed E-state index contributed by atoms with van der Waals surface area (Å²) in [5, 5.41) is 15.1. The van der Waals surface area contributed by atoms with E-state index in [4.69, 9.17) is 0 Å². The highest BCUT2D eigenvalue weighted by molar-refractivity contribution is 5.88. The maximum atomic E-state index is 12.3. The number of hydrogen-bond acceptors (Lipinski definition) is 3. The van der Waals surface area contributed by atoms with E-state index in [0.29, 0.717) is 6.54 Å². The summed E-state index contributed by atoms with van der Waals surface area (Å²) in [6, 6.07) is -0.818. The van der Waals surface area contributed by atoms with Crippen LogP contribution in [0.2, 0.25) is 0 Å². The van der Waals surface area contributed by atoms with Gasteiger partial charge in [-0.15, -0.1) is 0 Å². The summed E-state index contributed by atoms with van der Waals surface area (Å²) in [6.45, 7) is 2.53. The van der Waals surface area contributed by atoms with Crippen LogP contribution < -0.4 is 10.6 Å². The molecule has 1 aliphatic carbocycles. The van der Waals surface area contributed by atoms with Crippen LogP contribution in [0, 0.1) is 5.92 Å². The van der Waals surface area contributed by atoms with Gasteiger partial charge < -0.3 is 15.7 Å². The molecule has 0 aromatic carbocycles. The third-order valence-corrected chi connectivity index (χ3v) is 6.12. The number of carbonyl (C=O) groups excluding carboxylic acids is 2. The molecule has 0 radical (unpaired) electrons. The predicted octanol–water partition coefficient (Wildman–Crippen LogP) is 4.86. The van der Waals surface area contributed by atoms with Crippen molar-refractivity contribution in [3.05, 3.63) is 0 Å². The second-order valence-electron chi connectivity index (χ2n) is 8.76. The van der Waals surface area contributed by atoms with Crippen LogP contribution in [0.3, 0.4) is 0 Å². The van der Waals surface area contributed by atoms with E-state index < -0.39 is 6.04 Å². The summed E-state index contributed by atoms with van der Waals surface area (Å²) < 4.78 is 0. The summed E-state index contributed by atoms with van der Waals surface area (Å²) >= 11 is 0. The van der Waals surface area contributed by atoms with Crippen LogP contribution in [0.25, 0.3) is 0 Å². The van der Waals surface area contributed by atoms with Crippen molar-refractivity contribution in [2.75, 3.05) is 13.2 Å². The molecule has 0 bridgehead atoms. The van der Waals surface area contributed by atoms with E-state index in [9.17, 15) is 14.7 Å². The van der Waals surface area contributed by atoms with Gasteiger partial charge >= 0.3 is 0 Å². The normalized spacial score (nSPS) is 15.8. The summed E-state index contributed by atoms with van der Waals surface area (Å²) in [5.74, 6) is -0.342. The number of aliphatic hydroxyl groups excluding tert-OH is 1. The van der Waals surface area contributed by atoms with Gasteiger partial charge in [0.1, 0.15) is 6.04 Å². The van der Waals surface area contributed by atoms with Gasteiger partial charge in [0.15, 0.2) is 0 Å². The van der Waals surface area contributed by atoms with E-state index >= 15 is 0 Å². The quantitative estimate of drug-likeness (QED) is 0.300. The van der Waals surface area contributed by atoms with Crippen molar-refractivity contribution in [1.29, 1.82) is 0 Å². The Hall–Kier alpha value is -1.10. The number of unbranched alkanes of at least 4 members (excludes halogenated alkanes) is 11. The zero-order valence-electron chi connectivity index (χ0n) is 18.9. The maximum Gasteiger partial charge on any atom is 0.244 e. The fourth-order valence-electron chi connectivity index (χ4n) is 4.15. The second-order valence-corrected chi connectivity index (χ2v) is 8.76. The number of nitrogens with one attached hydrogen (secondary N) is 2. The lowest BCUT2D eigenvalue weighted by Gasteiger charge is -2.23. The van der Waals surface area contributed by atoms with Crippen LogP contribution in [0.1, 0.15) is 116 Å². The Bertz CT molecular complexity index is 422. The highest BCUT2D eigenvalue weighted by Crippen LogP contribution is 2.23. The van der Waals surface area contributed by atoms with Gasteiger partial charge in [-0.3, -0.25) is 9.59 Å². The molecule has 0 saturated heterocycles. The monoisotopic (exact) mass is 410 g/mol. The molecule has 2 amide bonds. The SMILES string of the molecule is CCCCCCCCCCCCCCNC(=O)[C@H](CO)NC(=O)C1CCCCC1. The molecule has 5 heteroatoms. The van der Waals surface area contributed by atoms with Crippen LogP contribution in [0.15, 0.2) is 0 Å². The Morgan fingerprint density at radius 3 is 1.86 bits per heavy atom. The minimum absolute atomic E-state index is 0.00180. The van der Waals surface area contributed by atoms with Gasteiger partial charge in [-0.25, -0.2) is 0 Å². The number of carbonyl (C=O) groups is 2. The first kappa shape index (κ1) is 25.9. The van der Waals surface area contributed by atoms with Crippen molar-refractivity contribution < 1.29 is 14.7 Å². The molecule has 29 heavy (non-hydrogen) atoms. The molecule has 0 spiro atoms. The maximum absolute atomic E-state index is 12.3. The van der Waals surface area contributed by atoms with Crippen molar-refractivity contribution in [3.8, 4) is 0 Å². The fraction of sp³-hybridized carbons (Fsp3) is 0.917. The van der Waals surface area contributed by atoms with Crippen molar-refractivity contribution in [3.63, 3.8) is 0 Å². The highest BCUT2D eigenvalue weighted by Gasteiger charge is 2.26. The minimum Gasteiger partial charge on any atom is -0.394 e. The zero-order valence-corrected chi connectivity index (χ0v) is 18.9. The van der Waals surface area contributed by atoms with Crippen LogP contribution in [0.5, 0.6) is 0 Å². The molecule has 0 aromatic rings. The Morgan fingerprint density at radius 1 is 0.828 bits per heavy atom. The van der Waals surface area contributed by atoms with E-state index in [1.165, 1.54) is 70.6 Å². The minimum atomic E-state index is -0.818. The smallest absolute Gasteiger partial charge is 0.244 e. The Labute approximate surface area is 178 Å². The summed E-state index contributed by atoms with van der Waals surface area (Å²) in [6.07, 6.45) is 20.6. The van der Waals surface area contributed by atoms with Crippen LogP contribution in [-0.2, 0) is 9.59 Å². The van der Waals surface area contributed by atoms with Crippen molar-refractivity contribution in [2.24, 2.45) is 5.92 Å². The predicted molar refractivity (Wildman–Crippen MR) is 120 cm³/mol. The average molecular weight is 411 g/mol. The lowest BCUT2D eigenvalue weighted by molar-refractivity contribution is -0.132. The summed E-state index contributed by atoms with van der Waals surface area (Å²) in [7, 11) is 0. The molecule has 0 heterocycles.